The molecule has 1 saturated heterocycles. The van der Waals surface area contributed by atoms with Crippen molar-refractivity contribution in [2.24, 2.45) is 5.73 Å². The van der Waals surface area contributed by atoms with Gasteiger partial charge in [-0.15, -0.1) is 0 Å². The number of aryl methyl sites for hydroxylation is 1. The topological polar surface area (TPSA) is 75.0 Å². The summed E-state index contributed by atoms with van der Waals surface area (Å²) in [5.41, 5.74) is 5.52. The molecule has 5 nitrogen and oxygen atoms in total. The molecule has 1 unspecified atom stereocenters. The summed E-state index contributed by atoms with van der Waals surface area (Å²) in [5.74, 6) is 1.59. The molecule has 18 heavy (non-hydrogen) atoms. The molecule has 2 rings (SSSR count). The second kappa shape index (κ2) is 6.00. The lowest BCUT2D eigenvalue weighted by molar-refractivity contribution is 0.581. The van der Waals surface area contributed by atoms with E-state index in [0.717, 1.165) is 44.0 Å². The third kappa shape index (κ3) is 2.90. The molecule has 100 valence electrons. The molecule has 5 heteroatoms. The first-order valence-corrected chi connectivity index (χ1v) is 6.81. The molecule has 1 atom stereocenters. The van der Waals surface area contributed by atoms with Crippen LogP contribution in [-0.4, -0.2) is 29.1 Å². The first kappa shape index (κ1) is 13.1. The van der Waals surface area contributed by atoms with Crippen molar-refractivity contribution >= 4 is 5.82 Å². The van der Waals surface area contributed by atoms with Gasteiger partial charge in [-0.2, -0.15) is 0 Å². The SMILES string of the molecule is CCc1nc(N2CCCC2CCCN)cc(=O)[nH]1. The van der Waals surface area contributed by atoms with Gasteiger partial charge in [-0.1, -0.05) is 6.92 Å². The largest absolute Gasteiger partial charge is 0.353 e. The zero-order valence-corrected chi connectivity index (χ0v) is 11.0. The monoisotopic (exact) mass is 250 g/mol. The van der Waals surface area contributed by atoms with E-state index in [2.05, 4.69) is 14.9 Å². The summed E-state index contributed by atoms with van der Waals surface area (Å²) in [7, 11) is 0. The Morgan fingerprint density at radius 3 is 3.17 bits per heavy atom. The summed E-state index contributed by atoms with van der Waals surface area (Å²) in [6.45, 7) is 3.72. The predicted octanol–water partition coefficient (Wildman–Crippen LogP) is 1.04. The van der Waals surface area contributed by atoms with Crippen LogP contribution in [0.5, 0.6) is 0 Å². The van der Waals surface area contributed by atoms with Crippen LogP contribution in [0.15, 0.2) is 10.9 Å². The third-order valence-electron chi connectivity index (χ3n) is 3.52. The Labute approximate surface area is 107 Å². The summed E-state index contributed by atoms with van der Waals surface area (Å²) < 4.78 is 0. The van der Waals surface area contributed by atoms with Gasteiger partial charge in [0, 0.05) is 25.1 Å². The van der Waals surface area contributed by atoms with E-state index in [1.165, 1.54) is 12.8 Å². The second-order valence-electron chi connectivity index (χ2n) is 4.82. The first-order chi connectivity index (χ1) is 8.74. The van der Waals surface area contributed by atoms with E-state index in [1.807, 2.05) is 6.92 Å². The van der Waals surface area contributed by atoms with Gasteiger partial charge in [0.2, 0.25) is 0 Å². The van der Waals surface area contributed by atoms with Crippen molar-refractivity contribution in [3.05, 3.63) is 22.2 Å². The van der Waals surface area contributed by atoms with Crippen LogP contribution in [0.2, 0.25) is 0 Å². The maximum absolute atomic E-state index is 11.6. The van der Waals surface area contributed by atoms with Crippen molar-refractivity contribution in [1.29, 1.82) is 0 Å². The molecule has 1 aliphatic heterocycles. The van der Waals surface area contributed by atoms with Gasteiger partial charge in [0.15, 0.2) is 0 Å². The average molecular weight is 250 g/mol. The molecular weight excluding hydrogens is 228 g/mol. The summed E-state index contributed by atoms with van der Waals surface area (Å²) in [5, 5.41) is 0. The predicted molar refractivity (Wildman–Crippen MR) is 72.9 cm³/mol. The number of aromatic nitrogens is 2. The quantitative estimate of drug-likeness (QED) is 0.818. The zero-order chi connectivity index (χ0) is 13.0. The van der Waals surface area contributed by atoms with Crippen LogP contribution in [0.1, 0.15) is 38.4 Å². The molecule has 1 aromatic rings. The molecule has 2 heterocycles. The van der Waals surface area contributed by atoms with E-state index in [9.17, 15) is 4.79 Å². The molecule has 0 saturated carbocycles. The molecule has 1 fully saturated rings. The fourth-order valence-electron chi connectivity index (χ4n) is 2.60. The molecule has 0 spiro atoms. The lowest BCUT2D eigenvalue weighted by Gasteiger charge is -2.25. The van der Waals surface area contributed by atoms with Crippen LogP contribution in [0.3, 0.4) is 0 Å². The minimum atomic E-state index is -0.0543. The number of aromatic amines is 1. The highest BCUT2D eigenvalue weighted by atomic mass is 16.1. The lowest BCUT2D eigenvalue weighted by atomic mass is 10.1. The van der Waals surface area contributed by atoms with Gasteiger partial charge in [-0.3, -0.25) is 4.79 Å². The number of nitrogens with one attached hydrogen (secondary N) is 1. The lowest BCUT2D eigenvalue weighted by Crippen LogP contribution is -2.32. The van der Waals surface area contributed by atoms with Crippen molar-refractivity contribution in [3.63, 3.8) is 0 Å². The van der Waals surface area contributed by atoms with Gasteiger partial charge in [-0.05, 0) is 32.2 Å². The van der Waals surface area contributed by atoms with Gasteiger partial charge in [0.1, 0.15) is 11.6 Å². The van der Waals surface area contributed by atoms with Crippen LogP contribution >= 0.6 is 0 Å². The van der Waals surface area contributed by atoms with Crippen LogP contribution in [-0.2, 0) is 6.42 Å². The number of nitrogens with zero attached hydrogens (tertiary/aromatic N) is 2. The maximum Gasteiger partial charge on any atom is 0.252 e. The van der Waals surface area contributed by atoms with Crippen LogP contribution < -0.4 is 16.2 Å². The Balaban J connectivity index is 2.18. The minimum Gasteiger partial charge on any atom is -0.353 e. The Bertz CT molecular complexity index is 443. The van der Waals surface area contributed by atoms with E-state index in [0.29, 0.717) is 6.04 Å². The maximum atomic E-state index is 11.6. The smallest absolute Gasteiger partial charge is 0.252 e. The number of nitrogens with two attached hydrogens (primary N) is 1. The number of hydrogen-bond donors (Lipinski definition) is 2. The van der Waals surface area contributed by atoms with E-state index in [-0.39, 0.29) is 5.56 Å². The van der Waals surface area contributed by atoms with Crippen molar-refractivity contribution in [2.45, 2.75) is 45.1 Å². The number of rotatable bonds is 5. The molecule has 0 radical (unpaired) electrons. The van der Waals surface area contributed by atoms with Crippen LogP contribution in [0.25, 0.3) is 0 Å². The van der Waals surface area contributed by atoms with Crippen molar-refractivity contribution in [1.82, 2.24) is 9.97 Å². The van der Waals surface area contributed by atoms with Gasteiger partial charge in [0.05, 0.1) is 0 Å². The minimum absolute atomic E-state index is 0.0543. The molecule has 0 aliphatic carbocycles. The van der Waals surface area contributed by atoms with Crippen LogP contribution in [0, 0.1) is 0 Å². The molecule has 1 aliphatic rings. The number of anilines is 1. The zero-order valence-electron chi connectivity index (χ0n) is 11.0. The van der Waals surface area contributed by atoms with E-state index in [1.54, 1.807) is 6.07 Å². The molecule has 0 bridgehead atoms. The Kier molecular flexibility index (Phi) is 4.36. The molecule has 0 aromatic carbocycles. The Morgan fingerprint density at radius 1 is 1.61 bits per heavy atom. The van der Waals surface area contributed by atoms with Gasteiger partial charge >= 0.3 is 0 Å². The van der Waals surface area contributed by atoms with Gasteiger partial charge in [-0.25, -0.2) is 4.98 Å². The third-order valence-corrected chi connectivity index (χ3v) is 3.52. The van der Waals surface area contributed by atoms with Gasteiger partial charge < -0.3 is 15.6 Å². The Hall–Kier alpha value is -1.36. The standard InChI is InChI=1S/C13H22N4O/c1-2-11-15-12(9-13(18)16-11)17-8-4-6-10(17)5-3-7-14/h9-10H,2-8,14H2,1H3,(H,15,16,18). The second-order valence-corrected chi connectivity index (χ2v) is 4.82. The first-order valence-electron chi connectivity index (χ1n) is 6.81. The fraction of sp³-hybridized carbons (Fsp3) is 0.692. The summed E-state index contributed by atoms with van der Waals surface area (Å²) in [4.78, 5) is 21.2. The summed E-state index contributed by atoms with van der Waals surface area (Å²) in [6.07, 6.45) is 5.23. The summed E-state index contributed by atoms with van der Waals surface area (Å²) >= 11 is 0. The highest BCUT2D eigenvalue weighted by molar-refractivity contribution is 5.40. The molecule has 3 N–H and O–H groups in total. The van der Waals surface area contributed by atoms with E-state index < -0.39 is 0 Å². The highest BCUT2D eigenvalue weighted by Gasteiger charge is 2.25. The highest BCUT2D eigenvalue weighted by Crippen LogP contribution is 2.25. The van der Waals surface area contributed by atoms with Crippen molar-refractivity contribution in [2.75, 3.05) is 18.0 Å². The van der Waals surface area contributed by atoms with Gasteiger partial charge in [0.25, 0.3) is 5.56 Å². The Morgan fingerprint density at radius 2 is 2.44 bits per heavy atom. The fourth-order valence-corrected chi connectivity index (χ4v) is 2.60. The summed E-state index contributed by atoms with van der Waals surface area (Å²) in [6, 6.07) is 2.10. The van der Waals surface area contributed by atoms with E-state index in [4.69, 9.17) is 5.73 Å². The van der Waals surface area contributed by atoms with Crippen molar-refractivity contribution < 1.29 is 0 Å². The molecule has 1 aromatic heterocycles. The number of hydrogen-bond acceptors (Lipinski definition) is 4. The van der Waals surface area contributed by atoms with Crippen molar-refractivity contribution in [3.8, 4) is 0 Å². The molecular formula is C13H22N4O. The average Bonchev–Trinajstić information content (AvgIpc) is 2.83. The molecule has 0 amide bonds. The van der Waals surface area contributed by atoms with Crippen LogP contribution in [0.4, 0.5) is 5.82 Å². The van der Waals surface area contributed by atoms with E-state index >= 15 is 0 Å². The normalized spacial score (nSPS) is 19.4. The number of H-pyrrole nitrogens is 1.